The van der Waals surface area contributed by atoms with Gasteiger partial charge in [0.15, 0.2) is 0 Å². The zero-order valence-electron chi connectivity index (χ0n) is 33.2. The van der Waals surface area contributed by atoms with E-state index in [2.05, 4.69) is 10.4 Å². The van der Waals surface area contributed by atoms with Crippen LogP contribution in [-0.4, -0.2) is 114 Å². The first kappa shape index (κ1) is 40.5. The summed E-state index contributed by atoms with van der Waals surface area (Å²) in [5, 5.41) is 6.74. The molecule has 58 heavy (non-hydrogen) atoms. The summed E-state index contributed by atoms with van der Waals surface area (Å²) in [5.41, 5.74) is 0.679. The molecule has 0 bridgehead atoms. The van der Waals surface area contributed by atoms with Crippen molar-refractivity contribution >= 4 is 58.5 Å². The molecule has 14 nitrogen and oxygen atoms in total. The lowest BCUT2D eigenvalue weighted by atomic mass is 9.96. The predicted octanol–water partition coefficient (Wildman–Crippen LogP) is 4.81. The van der Waals surface area contributed by atoms with Crippen molar-refractivity contribution in [3.63, 3.8) is 0 Å². The second-order valence-electron chi connectivity index (χ2n) is 16.7. The molecule has 4 amide bonds. The van der Waals surface area contributed by atoms with Gasteiger partial charge in [0.05, 0.1) is 36.3 Å². The summed E-state index contributed by atoms with van der Waals surface area (Å²) < 4.78 is 31.9. The summed E-state index contributed by atoms with van der Waals surface area (Å²) in [6.45, 7) is 7.98. The van der Waals surface area contributed by atoms with Gasteiger partial charge < -0.3 is 34.0 Å². The largest absolute Gasteiger partial charge is 0.462 e. The second kappa shape index (κ2) is 16.8. The fraction of sp³-hybridized carbons (Fsp3) is 0.548. The van der Waals surface area contributed by atoms with Crippen molar-refractivity contribution in [2.75, 3.05) is 39.4 Å². The lowest BCUT2D eigenvalue weighted by molar-refractivity contribution is -0.157. The fourth-order valence-electron chi connectivity index (χ4n) is 8.91. The van der Waals surface area contributed by atoms with Gasteiger partial charge in [-0.05, 0) is 106 Å². The van der Waals surface area contributed by atoms with Crippen LogP contribution in [-0.2, 0) is 39.4 Å². The summed E-state index contributed by atoms with van der Waals surface area (Å²) >= 11 is 1.30. The van der Waals surface area contributed by atoms with E-state index in [9.17, 15) is 28.5 Å². The number of carbonyl (C=O) groups excluding carboxylic acids is 5. The van der Waals surface area contributed by atoms with Gasteiger partial charge in [0, 0.05) is 36.9 Å². The molecular weight excluding hydrogens is 782 g/mol. The van der Waals surface area contributed by atoms with Gasteiger partial charge in [0.1, 0.15) is 23.9 Å². The van der Waals surface area contributed by atoms with E-state index in [1.165, 1.54) is 11.3 Å². The van der Waals surface area contributed by atoms with Gasteiger partial charge in [0.2, 0.25) is 17.7 Å². The van der Waals surface area contributed by atoms with E-state index < -0.39 is 31.6 Å². The first-order valence-corrected chi connectivity index (χ1v) is 23.1. The van der Waals surface area contributed by atoms with Gasteiger partial charge in [-0.15, -0.1) is 11.3 Å². The Labute approximate surface area is 342 Å². The number of likely N-dealkylation sites (tertiary alicyclic amines) is 1. The number of nitrogens with zero attached hydrogens (tertiary/aromatic N) is 3. The third kappa shape index (κ3) is 8.83. The van der Waals surface area contributed by atoms with Crippen LogP contribution >= 0.6 is 18.9 Å². The molecule has 7 atom stereocenters. The second-order valence-corrected chi connectivity index (χ2v) is 19.9. The van der Waals surface area contributed by atoms with E-state index in [0.717, 1.165) is 29.3 Å². The molecule has 5 heterocycles. The van der Waals surface area contributed by atoms with Crippen molar-refractivity contribution in [3.8, 4) is 5.75 Å². The summed E-state index contributed by atoms with van der Waals surface area (Å²) in [5.74, 6) is -0.179. The highest BCUT2D eigenvalue weighted by Crippen LogP contribution is 2.50. The number of esters is 1. The Bertz CT molecular complexity index is 2100. The van der Waals surface area contributed by atoms with Crippen molar-refractivity contribution in [2.24, 2.45) is 17.8 Å². The van der Waals surface area contributed by atoms with Crippen molar-refractivity contribution in [3.05, 3.63) is 65.0 Å². The number of para-hydroxylation sites is 1. The Morgan fingerprint density at radius 3 is 2.40 bits per heavy atom. The molecule has 1 unspecified atom stereocenters. The number of thiophene rings is 1. The van der Waals surface area contributed by atoms with E-state index in [4.69, 9.17) is 14.0 Å². The standard InChI is InChI=1S/C42H52N5O9PS/c1-25(2)55-42(52)26(3)44-57(53,56-33-7-5-4-6-8-33)24-27-9-12-36-30(17-27)21-37(58-36)38(48)43-34-20-29-18-28(29)19-32-10-11-35(47(32)40(34)50)41(51)46-22-31(23-46)39(49)45-13-15-54-16-14-45/h4-9,12,17,21,25-26,28-29,31-32,34-35H,10-11,13-16,18-20,22-24H2,1-3H3,(H,43,48)(H,44,53)/t26-,28+,29-,32+,34?,35-,57-/m0/s1. The molecule has 2 aromatic carbocycles. The van der Waals surface area contributed by atoms with Gasteiger partial charge in [-0.1, -0.05) is 24.3 Å². The Balaban J connectivity index is 0.945. The lowest BCUT2D eigenvalue weighted by Crippen LogP contribution is -2.62. The number of hydrogen-bond donors (Lipinski definition) is 2. The van der Waals surface area contributed by atoms with Crippen LogP contribution in [0.15, 0.2) is 54.6 Å². The molecule has 3 aromatic rings. The third-order valence-corrected chi connectivity index (χ3v) is 15.2. The van der Waals surface area contributed by atoms with Crippen LogP contribution in [0.5, 0.6) is 5.75 Å². The summed E-state index contributed by atoms with van der Waals surface area (Å²) in [4.78, 5) is 73.6. The summed E-state index contributed by atoms with van der Waals surface area (Å²) in [6, 6.07) is 13.8. The van der Waals surface area contributed by atoms with E-state index in [-0.39, 0.29) is 47.9 Å². The Morgan fingerprint density at radius 1 is 0.914 bits per heavy atom. The fourth-order valence-corrected chi connectivity index (χ4v) is 11.9. The van der Waals surface area contributed by atoms with Gasteiger partial charge in [-0.3, -0.25) is 28.5 Å². The highest BCUT2D eigenvalue weighted by atomic mass is 32.1. The monoisotopic (exact) mass is 833 g/mol. The third-order valence-electron chi connectivity index (χ3n) is 12.0. The van der Waals surface area contributed by atoms with Crippen LogP contribution in [0.3, 0.4) is 0 Å². The van der Waals surface area contributed by atoms with Gasteiger partial charge in [-0.25, -0.2) is 5.09 Å². The molecule has 16 heteroatoms. The van der Waals surface area contributed by atoms with Gasteiger partial charge in [-0.2, -0.15) is 0 Å². The Kier molecular flexibility index (Phi) is 11.7. The molecule has 1 saturated carbocycles. The summed E-state index contributed by atoms with van der Waals surface area (Å²) in [7, 11) is -3.70. The maximum Gasteiger partial charge on any atom is 0.323 e. The first-order valence-electron chi connectivity index (χ1n) is 20.5. The topological polar surface area (TPSA) is 164 Å². The molecule has 2 N–H and O–H groups in total. The molecule has 8 rings (SSSR count). The number of fused-ring (bicyclic) bond motifs is 3. The molecule has 4 saturated heterocycles. The number of morpholine rings is 1. The van der Waals surface area contributed by atoms with Crippen LogP contribution in [0.1, 0.15) is 68.1 Å². The van der Waals surface area contributed by atoms with Crippen molar-refractivity contribution in [1.29, 1.82) is 0 Å². The van der Waals surface area contributed by atoms with Gasteiger partial charge in [0.25, 0.3) is 5.91 Å². The normalized spacial score (nSPS) is 26.1. The number of benzene rings is 2. The van der Waals surface area contributed by atoms with Crippen molar-refractivity contribution in [1.82, 2.24) is 25.1 Å². The minimum absolute atomic E-state index is 0.0349. The number of ether oxygens (including phenoxy) is 2. The average Bonchev–Trinajstić information content (AvgIpc) is 3.53. The van der Waals surface area contributed by atoms with Crippen LogP contribution in [0.2, 0.25) is 0 Å². The molecule has 310 valence electrons. The smallest absolute Gasteiger partial charge is 0.323 e. The van der Waals surface area contributed by atoms with E-state index in [1.54, 1.807) is 60.9 Å². The van der Waals surface area contributed by atoms with Crippen LogP contribution < -0.4 is 14.9 Å². The minimum Gasteiger partial charge on any atom is -0.462 e. The maximum absolute atomic E-state index is 14.4. The molecule has 5 fully saturated rings. The molecular formula is C42H52N5O9PS. The summed E-state index contributed by atoms with van der Waals surface area (Å²) in [6.07, 6.45) is 3.36. The van der Waals surface area contributed by atoms with E-state index >= 15 is 0 Å². The Hall–Kier alpha value is -4.30. The number of hydrogen-bond acceptors (Lipinski definition) is 10. The predicted molar refractivity (Wildman–Crippen MR) is 217 cm³/mol. The van der Waals surface area contributed by atoms with Crippen LogP contribution in [0.25, 0.3) is 10.1 Å². The van der Waals surface area contributed by atoms with E-state index in [1.807, 2.05) is 29.2 Å². The number of nitrogens with one attached hydrogen (secondary N) is 2. The Morgan fingerprint density at radius 2 is 1.66 bits per heavy atom. The quantitative estimate of drug-likeness (QED) is 0.191. The minimum atomic E-state index is -3.70. The molecule has 4 aliphatic heterocycles. The molecule has 1 aliphatic carbocycles. The molecule has 0 radical (unpaired) electrons. The maximum atomic E-state index is 14.4. The molecule has 5 aliphatic rings. The number of amides is 4. The number of carbonyl (C=O) groups is 5. The highest BCUT2D eigenvalue weighted by Gasteiger charge is 2.53. The first-order chi connectivity index (χ1) is 27.8. The van der Waals surface area contributed by atoms with Crippen molar-refractivity contribution < 1.29 is 42.5 Å². The zero-order chi connectivity index (χ0) is 40.7. The van der Waals surface area contributed by atoms with Crippen LogP contribution in [0, 0.1) is 17.8 Å². The number of rotatable bonds is 12. The highest BCUT2D eigenvalue weighted by molar-refractivity contribution is 7.56. The zero-order valence-corrected chi connectivity index (χ0v) is 34.9. The molecule has 0 spiro atoms. The average molecular weight is 834 g/mol. The molecule has 1 aromatic heterocycles. The SMILES string of the molecule is CC(C)OC(=O)[C@H](C)N[P@](=O)(Cc1ccc2sc(C(=O)NC3C[C@@H]4C[C@@H]4C[C@H]4CC[C@@H](C(=O)N5CC(C(=O)N6CCOCC6)C5)N4C3=O)cc2c1)Oc1ccccc1. The lowest BCUT2D eigenvalue weighted by Gasteiger charge is -2.44. The van der Waals surface area contributed by atoms with Gasteiger partial charge >= 0.3 is 13.5 Å². The van der Waals surface area contributed by atoms with Crippen molar-refractivity contribution in [2.45, 2.75) is 89.3 Å². The van der Waals surface area contributed by atoms with Crippen LogP contribution in [0.4, 0.5) is 0 Å². The van der Waals surface area contributed by atoms with E-state index in [0.29, 0.717) is 80.3 Å².